The average Bonchev–Trinajstić information content (AvgIpc) is 3.23. The van der Waals surface area contributed by atoms with E-state index in [9.17, 15) is 8.42 Å². The molecule has 2 aromatic heterocycles. The van der Waals surface area contributed by atoms with Crippen LogP contribution in [0.5, 0.6) is 0 Å². The molecule has 3 rings (SSSR count). The Morgan fingerprint density at radius 1 is 1.12 bits per heavy atom. The summed E-state index contributed by atoms with van der Waals surface area (Å²) < 4.78 is 28.1. The van der Waals surface area contributed by atoms with E-state index in [-0.39, 0.29) is 6.54 Å². The second-order valence-corrected chi connectivity index (χ2v) is 10.5. The SMILES string of the molecule is Cc1ccc(CNS(=O)(=O)c2cc(-c3nc(CC(C)C)cs3)cs2)cc1. The summed E-state index contributed by atoms with van der Waals surface area (Å²) in [6.45, 7) is 6.61. The second kappa shape index (κ2) is 8.00. The fraction of sp³-hybridized carbons (Fsp3) is 0.316. The summed E-state index contributed by atoms with van der Waals surface area (Å²) in [6.07, 6.45) is 0.934. The van der Waals surface area contributed by atoms with E-state index in [2.05, 4.69) is 28.9 Å². The zero-order chi connectivity index (χ0) is 18.7. The van der Waals surface area contributed by atoms with Gasteiger partial charge < -0.3 is 0 Å². The summed E-state index contributed by atoms with van der Waals surface area (Å²) in [7, 11) is -3.52. The van der Waals surface area contributed by atoms with Crippen LogP contribution in [0.3, 0.4) is 0 Å². The van der Waals surface area contributed by atoms with Crippen molar-refractivity contribution >= 4 is 32.7 Å². The van der Waals surface area contributed by atoms with Crippen LogP contribution >= 0.6 is 22.7 Å². The molecule has 1 N–H and O–H groups in total. The number of sulfonamides is 1. The predicted octanol–water partition coefficient (Wildman–Crippen LogP) is 4.86. The van der Waals surface area contributed by atoms with Gasteiger partial charge in [-0.1, -0.05) is 43.7 Å². The van der Waals surface area contributed by atoms with Gasteiger partial charge in [0.15, 0.2) is 0 Å². The van der Waals surface area contributed by atoms with E-state index in [4.69, 9.17) is 0 Å². The van der Waals surface area contributed by atoms with E-state index in [0.29, 0.717) is 10.1 Å². The Morgan fingerprint density at radius 3 is 2.54 bits per heavy atom. The standard InChI is InChI=1S/C19H22N2O2S3/c1-13(2)8-17-12-25-19(21-17)16-9-18(24-11-16)26(22,23)20-10-15-6-4-14(3)5-7-15/h4-7,9,11-13,20H,8,10H2,1-3H3. The minimum Gasteiger partial charge on any atom is -0.241 e. The van der Waals surface area contributed by atoms with E-state index < -0.39 is 10.0 Å². The first-order valence-electron chi connectivity index (χ1n) is 8.42. The highest BCUT2D eigenvalue weighted by molar-refractivity contribution is 7.91. The summed E-state index contributed by atoms with van der Waals surface area (Å²) in [5.41, 5.74) is 4.02. The number of thiazole rings is 1. The van der Waals surface area contributed by atoms with Gasteiger partial charge in [-0.05, 0) is 30.9 Å². The first kappa shape index (κ1) is 19.2. The fourth-order valence-corrected chi connectivity index (χ4v) is 5.60. The minimum absolute atomic E-state index is 0.283. The highest BCUT2D eigenvalue weighted by Gasteiger charge is 2.18. The largest absolute Gasteiger partial charge is 0.250 e. The van der Waals surface area contributed by atoms with Crippen LogP contribution in [0.4, 0.5) is 0 Å². The Kier molecular flexibility index (Phi) is 5.92. The molecule has 138 valence electrons. The van der Waals surface area contributed by atoms with Gasteiger partial charge >= 0.3 is 0 Å². The molecule has 0 saturated heterocycles. The fourth-order valence-electron chi connectivity index (χ4n) is 2.48. The third-order valence-electron chi connectivity index (χ3n) is 3.84. The topological polar surface area (TPSA) is 59.1 Å². The summed E-state index contributed by atoms with van der Waals surface area (Å²) in [4.78, 5) is 4.63. The third-order valence-corrected chi connectivity index (χ3v) is 7.62. The minimum atomic E-state index is -3.52. The highest BCUT2D eigenvalue weighted by atomic mass is 32.2. The van der Waals surface area contributed by atoms with Crippen molar-refractivity contribution < 1.29 is 8.42 Å². The zero-order valence-electron chi connectivity index (χ0n) is 15.0. The van der Waals surface area contributed by atoms with Gasteiger partial charge in [-0.15, -0.1) is 22.7 Å². The van der Waals surface area contributed by atoms with Crippen molar-refractivity contribution in [2.45, 2.75) is 37.9 Å². The molecule has 0 aliphatic carbocycles. The van der Waals surface area contributed by atoms with Gasteiger partial charge in [-0.25, -0.2) is 18.1 Å². The molecule has 0 fully saturated rings. The van der Waals surface area contributed by atoms with Crippen molar-refractivity contribution in [3.05, 3.63) is 57.9 Å². The Hall–Kier alpha value is -1.54. The predicted molar refractivity (Wildman–Crippen MR) is 109 cm³/mol. The van der Waals surface area contributed by atoms with E-state index in [1.165, 1.54) is 11.3 Å². The zero-order valence-corrected chi connectivity index (χ0v) is 17.5. The monoisotopic (exact) mass is 406 g/mol. The Labute approximate surface area is 163 Å². The number of hydrogen-bond donors (Lipinski definition) is 1. The van der Waals surface area contributed by atoms with Crippen LogP contribution in [0.25, 0.3) is 10.6 Å². The maximum atomic E-state index is 12.6. The number of nitrogens with zero attached hydrogens (tertiary/aromatic N) is 1. The molecule has 0 amide bonds. The van der Waals surface area contributed by atoms with Gasteiger partial charge in [0.25, 0.3) is 0 Å². The van der Waals surface area contributed by atoms with Crippen molar-refractivity contribution in [2.24, 2.45) is 5.92 Å². The van der Waals surface area contributed by atoms with Gasteiger partial charge in [-0.2, -0.15) is 0 Å². The van der Waals surface area contributed by atoms with Gasteiger partial charge in [-0.3, -0.25) is 0 Å². The number of aromatic nitrogens is 1. The van der Waals surface area contributed by atoms with E-state index in [1.807, 2.05) is 36.6 Å². The molecular formula is C19H22N2O2S3. The number of benzene rings is 1. The first-order valence-corrected chi connectivity index (χ1v) is 11.7. The molecule has 0 aliphatic rings. The smallest absolute Gasteiger partial charge is 0.241 e. The summed E-state index contributed by atoms with van der Waals surface area (Å²) in [5, 5.41) is 4.78. The van der Waals surface area contributed by atoms with Crippen LogP contribution in [-0.2, 0) is 23.0 Å². The molecule has 3 aromatic rings. The van der Waals surface area contributed by atoms with Crippen LogP contribution in [0.1, 0.15) is 30.7 Å². The lowest BCUT2D eigenvalue weighted by atomic mass is 10.1. The van der Waals surface area contributed by atoms with E-state index >= 15 is 0 Å². The van der Waals surface area contributed by atoms with Crippen molar-refractivity contribution in [1.82, 2.24) is 9.71 Å². The van der Waals surface area contributed by atoms with Gasteiger partial charge in [0.1, 0.15) is 9.22 Å². The first-order chi connectivity index (χ1) is 12.3. The van der Waals surface area contributed by atoms with Gasteiger partial charge in [0, 0.05) is 22.9 Å². The van der Waals surface area contributed by atoms with Crippen molar-refractivity contribution in [3.8, 4) is 10.6 Å². The van der Waals surface area contributed by atoms with Gasteiger partial charge in [0.05, 0.1) is 5.69 Å². The Bertz CT molecular complexity index is 970. The highest BCUT2D eigenvalue weighted by Crippen LogP contribution is 2.31. The quantitative estimate of drug-likeness (QED) is 0.610. The van der Waals surface area contributed by atoms with Crippen molar-refractivity contribution in [2.75, 3.05) is 0 Å². The van der Waals surface area contributed by atoms with E-state index in [1.54, 1.807) is 17.4 Å². The lowest BCUT2D eigenvalue weighted by molar-refractivity contribution is 0.583. The molecular weight excluding hydrogens is 384 g/mol. The molecule has 0 saturated carbocycles. The third kappa shape index (κ3) is 4.79. The number of thiophene rings is 1. The molecule has 1 aromatic carbocycles. The van der Waals surface area contributed by atoms with Crippen molar-refractivity contribution in [1.29, 1.82) is 0 Å². The van der Waals surface area contributed by atoms with Crippen LogP contribution in [0, 0.1) is 12.8 Å². The second-order valence-electron chi connectivity index (χ2n) is 6.71. The molecule has 4 nitrogen and oxygen atoms in total. The normalized spacial score (nSPS) is 12.0. The molecule has 0 atom stereocenters. The van der Waals surface area contributed by atoms with Crippen LogP contribution in [0.15, 0.2) is 45.3 Å². The molecule has 0 spiro atoms. The maximum absolute atomic E-state index is 12.6. The Morgan fingerprint density at radius 2 is 1.85 bits per heavy atom. The Balaban J connectivity index is 1.71. The average molecular weight is 407 g/mol. The number of hydrogen-bond acceptors (Lipinski definition) is 5. The lowest BCUT2D eigenvalue weighted by Crippen LogP contribution is -2.22. The lowest BCUT2D eigenvalue weighted by Gasteiger charge is -2.05. The summed E-state index contributed by atoms with van der Waals surface area (Å²) in [6, 6.07) is 9.53. The van der Waals surface area contributed by atoms with E-state index in [0.717, 1.165) is 33.8 Å². The van der Waals surface area contributed by atoms with Crippen molar-refractivity contribution in [3.63, 3.8) is 0 Å². The number of rotatable bonds is 7. The summed E-state index contributed by atoms with van der Waals surface area (Å²) in [5.74, 6) is 0.550. The van der Waals surface area contributed by atoms with Crippen LogP contribution in [-0.4, -0.2) is 13.4 Å². The molecule has 26 heavy (non-hydrogen) atoms. The molecule has 0 aliphatic heterocycles. The molecule has 0 radical (unpaired) electrons. The van der Waals surface area contributed by atoms with Crippen LogP contribution < -0.4 is 4.72 Å². The summed E-state index contributed by atoms with van der Waals surface area (Å²) >= 11 is 2.79. The molecule has 7 heteroatoms. The number of aryl methyl sites for hydroxylation is 1. The molecule has 0 bridgehead atoms. The van der Waals surface area contributed by atoms with Gasteiger partial charge in [0.2, 0.25) is 10.0 Å². The van der Waals surface area contributed by atoms with Crippen LogP contribution in [0.2, 0.25) is 0 Å². The number of nitrogens with one attached hydrogen (secondary N) is 1. The molecule has 2 heterocycles. The molecule has 0 unspecified atom stereocenters. The maximum Gasteiger partial charge on any atom is 0.250 e.